The van der Waals surface area contributed by atoms with Crippen molar-refractivity contribution in [1.82, 2.24) is 10.6 Å². The second-order valence-corrected chi connectivity index (χ2v) is 5.73. The number of carbonyl (C=O) groups is 1. The predicted molar refractivity (Wildman–Crippen MR) is 82.1 cm³/mol. The Morgan fingerprint density at radius 2 is 2.24 bits per heavy atom. The van der Waals surface area contributed by atoms with Crippen LogP contribution in [0.2, 0.25) is 0 Å². The maximum Gasteiger partial charge on any atom is 0.251 e. The number of hydrogen-bond acceptors (Lipinski definition) is 4. The standard InChI is InChI=1S/C16H24N2O3/c1-11(2)10-21-14-5-4-12(8-15(14)20-3)16(19)18-13-6-7-17-9-13/h4-5,8,11,13,17H,6-7,9-10H2,1-3H3,(H,18,19). The zero-order valence-corrected chi connectivity index (χ0v) is 12.9. The first-order valence-electron chi connectivity index (χ1n) is 7.42. The highest BCUT2D eigenvalue weighted by Gasteiger charge is 2.18. The molecule has 0 bridgehead atoms. The highest BCUT2D eigenvalue weighted by atomic mass is 16.5. The van der Waals surface area contributed by atoms with Crippen LogP contribution in [-0.4, -0.2) is 38.8 Å². The summed E-state index contributed by atoms with van der Waals surface area (Å²) in [6, 6.07) is 5.51. The topological polar surface area (TPSA) is 59.6 Å². The van der Waals surface area contributed by atoms with Crippen LogP contribution in [0.15, 0.2) is 18.2 Å². The molecule has 21 heavy (non-hydrogen) atoms. The van der Waals surface area contributed by atoms with Crippen LogP contribution < -0.4 is 20.1 Å². The number of benzene rings is 1. The summed E-state index contributed by atoms with van der Waals surface area (Å²) >= 11 is 0. The third kappa shape index (κ3) is 4.36. The van der Waals surface area contributed by atoms with E-state index in [0.717, 1.165) is 19.5 Å². The fourth-order valence-electron chi connectivity index (χ4n) is 2.23. The molecule has 0 spiro atoms. The molecule has 0 radical (unpaired) electrons. The van der Waals surface area contributed by atoms with Gasteiger partial charge in [0, 0.05) is 18.2 Å². The Morgan fingerprint density at radius 1 is 1.43 bits per heavy atom. The highest BCUT2D eigenvalue weighted by Crippen LogP contribution is 2.28. The molecule has 2 rings (SSSR count). The summed E-state index contributed by atoms with van der Waals surface area (Å²) < 4.78 is 11.0. The van der Waals surface area contributed by atoms with Crippen LogP contribution in [-0.2, 0) is 0 Å². The van der Waals surface area contributed by atoms with E-state index < -0.39 is 0 Å². The van der Waals surface area contributed by atoms with E-state index in [1.807, 2.05) is 0 Å². The lowest BCUT2D eigenvalue weighted by Gasteiger charge is -2.15. The van der Waals surface area contributed by atoms with Crippen LogP contribution in [0.4, 0.5) is 0 Å². The number of rotatable bonds is 6. The summed E-state index contributed by atoms with van der Waals surface area (Å²) in [7, 11) is 1.58. The van der Waals surface area contributed by atoms with Crippen LogP contribution in [0, 0.1) is 5.92 Å². The molecule has 1 atom stereocenters. The Morgan fingerprint density at radius 3 is 2.86 bits per heavy atom. The first-order valence-corrected chi connectivity index (χ1v) is 7.42. The van der Waals surface area contributed by atoms with Crippen molar-refractivity contribution in [3.8, 4) is 11.5 Å². The minimum absolute atomic E-state index is 0.0718. The molecule has 0 aromatic heterocycles. The van der Waals surface area contributed by atoms with Gasteiger partial charge in [-0.1, -0.05) is 13.8 Å². The first-order chi connectivity index (χ1) is 10.1. The Kier molecular flexibility index (Phi) is 5.44. The van der Waals surface area contributed by atoms with Crippen LogP contribution in [0.1, 0.15) is 30.6 Å². The fraction of sp³-hybridized carbons (Fsp3) is 0.562. The van der Waals surface area contributed by atoms with Gasteiger partial charge in [-0.15, -0.1) is 0 Å². The van der Waals surface area contributed by atoms with Gasteiger partial charge in [0.05, 0.1) is 13.7 Å². The monoisotopic (exact) mass is 292 g/mol. The molecule has 1 aromatic carbocycles. The van der Waals surface area contributed by atoms with Gasteiger partial charge in [0.15, 0.2) is 11.5 Å². The average molecular weight is 292 g/mol. The number of ether oxygens (including phenoxy) is 2. The first kappa shape index (κ1) is 15.6. The molecular weight excluding hydrogens is 268 g/mol. The summed E-state index contributed by atoms with van der Waals surface area (Å²) in [6.45, 7) is 6.58. The second-order valence-electron chi connectivity index (χ2n) is 5.73. The summed E-state index contributed by atoms with van der Waals surface area (Å²) in [5.41, 5.74) is 0.593. The summed E-state index contributed by atoms with van der Waals surface area (Å²) in [6.07, 6.45) is 0.971. The van der Waals surface area contributed by atoms with Gasteiger partial charge in [-0.3, -0.25) is 4.79 Å². The van der Waals surface area contributed by atoms with Crippen LogP contribution in [0.25, 0.3) is 0 Å². The Hall–Kier alpha value is -1.75. The smallest absolute Gasteiger partial charge is 0.251 e. The largest absolute Gasteiger partial charge is 0.493 e. The van der Waals surface area contributed by atoms with E-state index >= 15 is 0 Å². The predicted octanol–water partition coefficient (Wildman–Crippen LogP) is 1.82. The van der Waals surface area contributed by atoms with Gasteiger partial charge in [-0.2, -0.15) is 0 Å². The molecule has 5 heteroatoms. The Labute approximate surface area is 126 Å². The molecular formula is C16H24N2O3. The third-order valence-corrected chi connectivity index (χ3v) is 3.39. The van der Waals surface area contributed by atoms with Crippen molar-refractivity contribution in [3.05, 3.63) is 23.8 Å². The molecule has 1 aromatic rings. The molecule has 5 nitrogen and oxygen atoms in total. The average Bonchev–Trinajstić information content (AvgIpc) is 2.97. The van der Waals surface area contributed by atoms with Crippen LogP contribution in [0.3, 0.4) is 0 Å². The van der Waals surface area contributed by atoms with Crippen molar-refractivity contribution in [2.45, 2.75) is 26.3 Å². The van der Waals surface area contributed by atoms with Crippen molar-refractivity contribution in [1.29, 1.82) is 0 Å². The molecule has 1 aliphatic rings. The molecule has 1 heterocycles. The van der Waals surface area contributed by atoms with Crippen molar-refractivity contribution >= 4 is 5.91 Å². The van der Waals surface area contributed by atoms with Gasteiger partial charge in [0.2, 0.25) is 0 Å². The molecule has 1 fully saturated rings. The molecule has 0 aliphatic carbocycles. The van der Waals surface area contributed by atoms with Gasteiger partial charge in [0.1, 0.15) is 0 Å². The van der Waals surface area contributed by atoms with Crippen molar-refractivity contribution in [2.75, 3.05) is 26.8 Å². The van der Waals surface area contributed by atoms with Gasteiger partial charge >= 0.3 is 0 Å². The lowest BCUT2D eigenvalue weighted by molar-refractivity contribution is 0.0939. The molecule has 116 valence electrons. The van der Waals surface area contributed by atoms with E-state index in [4.69, 9.17) is 9.47 Å². The second kappa shape index (κ2) is 7.31. The van der Waals surface area contributed by atoms with E-state index in [1.54, 1.807) is 25.3 Å². The molecule has 0 saturated carbocycles. The molecule has 2 N–H and O–H groups in total. The molecule has 1 saturated heterocycles. The van der Waals surface area contributed by atoms with E-state index in [-0.39, 0.29) is 11.9 Å². The maximum absolute atomic E-state index is 12.2. The van der Waals surface area contributed by atoms with Crippen molar-refractivity contribution in [2.24, 2.45) is 5.92 Å². The zero-order valence-electron chi connectivity index (χ0n) is 12.9. The van der Waals surface area contributed by atoms with Crippen molar-refractivity contribution in [3.63, 3.8) is 0 Å². The quantitative estimate of drug-likeness (QED) is 0.839. The third-order valence-electron chi connectivity index (χ3n) is 3.39. The Bertz CT molecular complexity index is 482. The van der Waals surface area contributed by atoms with E-state index in [1.165, 1.54) is 0 Å². The summed E-state index contributed by atoms with van der Waals surface area (Å²) in [5.74, 6) is 1.63. The number of nitrogens with one attached hydrogen (secondary N) is 2. The van der Waals surface area contributed by atoms with Crippen molar-refractivity contribution < 1.29 is 14.3 Å². The van der Waals surface area contributed by atoms with E-state index in [9.17, 15) is 4.79 Å². The SMILES string of the molecule is COc1cc(C(=O)NC2CCNC2)ccc1OCC(C)C. The van der Waals surface area contributed by atoms with Gasteiger partial charge in [-0.25, -0.2) is 0 Å². The van der Waals surface area contributed by atoms with Gasteiger partial charge in [0.25, 0.3) is 5.91 Å². The highest BCUT2D eigenvalue weighted by molar-refractivity contribution is 5.95. The number of carbonyl (C=O) groups excluding carboxylic acids is 1. The number of hydrogen-bond donors (Lipinski definition) is 2. The minimum atomic E-state index is -0.0718. The fourth-order valence-corrected chi connectivity index (χ4v) is 2.23. The van der Waals surface area contributed by atoms with Gasteiger partial charge < -0.3 is 20.1 Å². The minimum Gasteiger partial charge on any atom is -0.493 e. The zero-order chi connectivity index (χ0) is 15.2. The van der Waals surface area contributed by atoms with Gasteiger partial charge in [-0.05, 0) is 37.1 Å². The summed E-state index contributed by atoms with van der Waals surface area (Å²) in [4.78, 5) is 12.2. The summed E-state index contributed by atoms with van der Waals surface area (Å²) in [5, 5.41) is 6.25. The maximum atomic E-state index is 12.2. The Balaban J connectivity index is 2.04. The molecule has 1 amide bonds. The van der Waals surface area contributed by atoms with E-state index in [0.29, 0.717) is 29.6 Å². The lowest BCUT2D eigenvalue weighted by Crippen LogP contribution is -2.36. The number of methoxy groups -OCH3 is 1. The normalized spacial score (nSPS) is 17.8. The van der Waals surface area contributed by atoms with Crippen LogP contribution >= 0.6 is 0 Å². The number of amides is 1. The lowest BCUT2D eigenvalue weighted by atomic mass is 10.1. The van der Waals surface area contributed by atoms with E-state index in [2.05, 4.69) is 24.5 Å². The van der Waals surface area contributed by atoms with Crippen LogP contribution in [0.5, 0.6) is 11.5 Å². The molecule has 1 unspecified atom stereocenters. The molecule has 1 aliphatic heterocycles.